The van der Waals surface area contributed by atoms with Gasteiger partial charge >= 0.3 is 0 Å². The molecule has 2 unspecified atom stereocenters. The Bertz CT molecular complexity index is 146. The van der Waals surface area contributed by atoms with Gasteiger partial charge in [-0.2, -0.15) is 0 Å². The van der Waals surface area contributed by atoms with E-state index in [1.165, 1.54) is 12.8 Å². The van der Waals surface area contributed by atoms with Crippen LogP contribution in [-0.4, -0.2) is 19.3 Å². The molecule has 0 amide bonds. The Morgan fingerprint density at radius 3 is 2.60 bits per heavy atom. The lowest BCUT2D eigenvalue weighted by Gasteiger charge is -2.16. The van der Waals surface area contributed by atoms with Crippen molar-refractivity contribution in [3.63, 3.8) is 0 Å². The van der Waals surface area contributed by atoms with Crippen molar-refractivity contribution in [3.8, 4) is 12.3 Å². The van der Waals surface area contributed by atoms with Crippen LogP contribution in [0.5, 0.6) is 0 Å². The van der Waals surface area contributed by atoms with Gasteiger partial charge in [-0.05, 0) is 18.8 Å². The van der Waals surface area contributed by atoms with E-state index in [-0.39, 0.29) is 12.1 Å². The largest absolute Gasteiger partial charge is 0.379 e. The van der Waals surface area contributed by atoms with Crippen molar-refractivity contribution < 1.29 is 4.74 Å². The van der Waals surface area contributed by atoms with E-state index in [2.05, 4.69) is 5.92 Å². The molecule has 2 heteroatoms. The summed E-state index contributed by atoms with van der Waals surface area (Å²) in [5, 5.41) is 0. The fourth-order valence-electron chi connectivity index (χ4n) is 1.15. The third-order valence-electron chi connectivity index (χ3n) is 1.91. The molecule has 1 aliphatic rings. The van der Waals surface area contributed by atoms with Crippen LogP contribution in [0.2, 0.25) is 0 Å². The molecule has 0 aliphatic heterocycles. The summed E-state index contributed by atoms with van der Waals surface area (Å²) in [4.78, 5) is 0. The molecule has 2 atom stereocenters. The molecule has 56 valence electrons. The molecule has 10 heavy (non-hydrogen) atoms. The number of methoxy groups -OCH3 is 1. The molecular weight excluding hydrogens is 126 g/mol. The van der Waals surface area contributed by atoms with E-state index in [9.17, 15) is 0 Å². The van der Waals surface area contributed by atoms with Crippen LogP contribution in [0.1, 0.15) is 12.8 Å². The van der Waals surface area contributed by atoms with Gasteiger partial charge in [0.25, 0.3) is 0 Å². The maximum absolute atomic E-state index is 5.61. The highest BCUT2D eigenvalue weighted by molar-refractivity contribution is 5.05. The Labute approximate surface area is 61.7 Å². The van der Waals surface area contributed by atoms with Crippen LogP contribution in [0.3, 0.4) is 0 Å². The van der Waals surface area contributed by atoms with Gasteiger partial charge in [-0.1, -0.05) is 5.92 Å². The first-order chi connectivity index (χ1) is 4.79. The predicted octanol–water partition coefficient (Wildman–Crippen LogP) is 0.372. The Balaban J connectivity index is 2.40. The van der Waals surface area contributed by atoms with E-state index >= 15 is 0 Å². The maximum Gasteiger partial charge on any atom is 0.0930 e. The van der Waals surface area contributed by atoms with Crippen molar-refractivity contribution in [1.29, 1.82) is 0 Å². The number of rotatable bonds is 3. The summed E-state index contributed by atoms with van der Waals surface area (Å²) in [5.74, 6) is 3.11. The molecule has 0 aromatic rings. The van der Waals surface area contributed by atoms with Crippen LogP contribution >= 0.6 is 0 Å². The van der Waals surface area contributed by atoms with Crippen LogP contribution in [-0.2, 0) is 4.74 Å². The zero-order valence-electron chi connectivity index (χ0n) is 6.21. The molecule has 1 fully saturated rings. The molecule has 0 heterocycles. The zero-order valence-corrected chi connectivity index (χ0v) is 6.21. The number of hydrogen-bond acceptors (Lipinski definition) is 2. The summed E-state index contributed by atoms with van der Waals surface area (Å²) in [5.41, 5.74) is 5.61. The Morgan fingerprint density at radius 2 is 2.30 bits per heavy atom. The molecule has 0 saturated heterocycles. The quantitative estimate of drug-likeness (QED) is 0.573. The minimum atomic E-state index is -0.225. The van der Waals surface area contributed by atoms with Crippen LogP contribution < -0.4 is 5.73 Å². The monoisotopic (exact) mass is 139 g/mol. The van der Waals surface area contributed by atoms with Gasteiger partial charge in [-0.3, -0.25) is 0 Å². The van der Waals surface area contributed by atoms with Crippen molar-refractivity contribution in [3.05, 3.63) is 0 Å². The topological polar surface area (TPSA) is 35.2 Å². The number of ether oxygens (including phenoxy) is 1. The zero-order chi connectivity index (χ0) is 7.56. The molecule has 0 bridgehead atoms. The highest BCUT2D eigenvalue weighted by atomic mass is 16.5. The summed E-state index contributed by atoms with van der Waals surface area (Å²) >= 11 is 0. The molecule has 2 nitrogen and oxygen atoms in total. The lowest BCUT2D eigenvalue weighted by atomic mass is 10.1. The molecule has 0 aromatic carbocycles. The molecule has 2 N–H and O–H groups in total. The lowest BCUT2D eigenvalue weighted by Crippen LogP contribution is -2.36. The molecule has 1 saturated carbocycles. The van der Waals surface area contributed by atoms with Gasteiger partial charge in [-0.15, -0.1) is 6.42 Å². The van der Waals surface area contributed by atoms with Crippen molar-refractivity contribution in [2.24, 2.45) is 11.7 Å². The first-order valence-electron chi connectivity index (χ1n) is 3.54. The first kappa shape index (κ1) is 7.59. The minimum absolute atomic E-state index is 0.0880. The highest BCUT2D eigenvalue weighted by Crippen LogP contribution is 2.34. The lowest BCUT2D eigenvalue weighted by molar-refractivity contribution is 0.0766. The second-order valence-electron chi connectivity index (χ2n) is 2.73. The Hall–Kier alpha value is -0.520. The summed E-state index contributed by atoms with van der Waals surface area (Å²) in [6.07, 6.45) is 7.68. The van der Waals surface area contributed by atoms with Crippen molar-refractivity contribution in [1.82, 2.24) is 0 Å². The van der Waals surface area contributed by atoms with E-state index < -0.39 is 0 Å². The summed E-state index contributed by atoms with van der Waals surface area (Å²) in [6, 6.07) is -0.225. The summed E-state index contributed by atoms with van der Waals surface area (Å²) < 4.78 is 5.16. The second kappa shape index (κ2) is 3.05. The average molecular weight is 139 g/mol. The van der Waals surface area contributed by atoms with Crippen LogP contribution in [0.15, 0.2) is 0 Å². The normalized spacial score (nSPS) is 23.3. The fraction of sp³-hybridized carbons (Fsp3) is 0.750. The third-order valence-corrected chi connectivity index (χ3v) is 1.91. The minimum Gasteiger partial charge on any atom is -0.379 e. The van der Waals surface area contributed by atoms with Crippen LogP contribution in [0.25, 0.3) is 0 Å². The number of terminal acetylenes is 1. The van der Waals surface area contributed by atoms with Crippen molar-refractivity contribution in [2.45, 2.75) is 25.0 Å². The van der Waals surface area contributed by atoms with E-state index in [0.29, 0.717) is 5.92 Å². The molecule has 0 radical (unpaired) electrons. The van der Waals surface area contributed by atoms with Gasteiger partial charge in [0.2, 0.25) is 0 Å². The van der Waals surface area contributed by atoms with E-state index in [0.717, 1.165) is 0 Å². The molecule has 0 spiro atoms. The summed E-state index contributed by atoms with van der Waals surface area (Å²) in [7, 11) is 1.67. The van der Waals surface area contributed by atoms with Crippen molar-refractivity contribution in [2.75, 3.05) is 7.11 Å². The first-order valence-corrected chi connectivity index (χ1v) is 3.54. The predicted molar refractivity (Wildman–Crippen MR) is 40.3 cm³/mol. The standard InChI is InChI=1S/C8H13NO/c1-3-7(9)8(10-2)6-4-5-6/h1,6-8H,4-5,9H2,2H3. The van der Waals surface area contributed by atoms with Gasteiger partial charge < -0.3 is 10.5 Å². The van der Waals surface area contributed by atoms with E-state index in [1.807, 2.05) is 0 Å². The van der Waals surface area contributed by atoms with E-state index in [1.54, 1.807) is 7.11 Å². The number of hydrogen-bond donors (Lipinski definition) is 1. The second-order valence-corrected chi connectivity index (χ2v) is 2.73. The third kappa shape index (κ3) is 1.50. The SMILES string of the molecule is C#CC(N)C(OC)C1CC1. The van der Waals surface area contributed by atoms with Gasteiger partial charge in [0.1, 0.15) is 0 Å². The summed E-state index contributed by atoms with van der Waals surface area (Å²) in [6.45, 7) is 0. The van der Waals surface area contributed by atoms with E-state index in [4.69, 9.17) is 16.9 Å². The molecule has 1 rings (SSSR count). The fourth-order valence-corrected chi connectivity index (χ4v) is 1.15. The maximum atomic E-state index is 5.61. The van der Waals surface area contributed by atoms with Gasteiger partial charge in [-0.25, -0.2) is 0 Å². The molecule has 0 aromatic heterocycles. The Morgan fingerprint density at radius 1 is 1.70 bits per heavy atom. The Kier molecular flexibility index (Phi) is 2.31. The number of nitrogens with two attached hydrogens (primary N) is 1. The van der Waals surface area contributed by atoms with Gasteiger partial charge in [0, 0.05) is 7.11 Å². The molecule has 1 aliphatic carbocycles. The average Bonchev–Trinajstić information content (AvgIpc) is 2.73. The molecular formula is C8H13NO. The smallest absolute Gasteiger partial charge is 0.0930 e. The van der Waals surface area contributed by atoms with Crippen LogP contribution in [0.4, 0.5) is 0 Å². The highest BCUT2D eigenvalue weighted by Gasteiger charge is 2.34. The van der Waals surface area contributed by atoms with Gasteiger partial charge in [0.15, 0.2) is 0 Å². The van der Waals surface area contributed by atoms with Crippen LogP contribution in [0, 0.1) is 18.3 Å². The van der Waals surface area contributed by atoms with Gasteiger partial charge in [0.05, 0.1) is 12.1 Å². The van der Waals surface area contributed by atoms with Crippen molar-refractivity contribution >= 4 is 0 Å².